The lowest BCUT2D eigenvalue weighted by Gasteiger charge is -2.12. The molecule has 2 aromatic heterocycles. The van der Waals surface area contributed by atoms with Crippen molar-refractivity contribution in [3.05, 3.63) is 47.5 Å². The van der Waals surface area contributed by atoms with Gasteiger partial charge < -0.3 is 5.73 Å². The molecule has 0 saturated carbocycles. The number of halogens is 3. The molecule has 0 aromatic carbocycles. The maximum atomic E-state index is 12.4. The van der Waals surface area contributed by atoms with Crippen molar-refractivity contribution in [2.45, 2.75) is 12.2 Å². The van der Waals surface area contributed by atoms with Gasteiger partial charge in [-0.25, -0.2) is 0 Å². The molecule has 0 bridgehead atoms. The van der Waals surface area contributed by atoms with Gasteiger partial charge in [-0.3, -0.25) is 9.67 Å². The molecule has 18 heavy (non-hydrogen) atoms. The standard InChI is InChI=1S/C11H11F3N4/c1-18-9(4-5-17-18)10(15)8-3-2-7(6-16-8)11(12,13)14/h2-6,10H,15H2,1H3. The Bertz CT molecular complexity index is 530. The van der Waals surface area contributed by atoms with Crippen LogP contribution >= 0.6 is 0 Å². The van der Waals surface area contributed by atoms with Crippen LogP contribution in [0.2, 0.25) is 0 Å². The molecule has 0 saturated heterocycles. The summed E-state index contributed by atoms with van der Waals surface area (Å²) in [6.07, 6.45) is -2.03. The second kappa shape index (κ2) is 4.41. The van der Waals surface area contributed by atoms with Crippen LogP contribution in [0.4, 0.5) is 13.2 Å². The third-order valence-corrected chi connectivity index (χ3v) is 2.61. The summed E-state index contributed by atoms with van der Waals surface area (Å²) < 4.78 is 38.7. The monoisotopic (exact) mass is 256 g/mol. The Morgan fingerprint density at radius 3 is 2.44 bits per heavy atom. The number of hydrogen-bond acceptors (Lipinski definition) is 3. The van der Waals surface area contributed by atoms with Crippen LogP contribution < -0.4 is 5.73 Å². The third-order valence-electron chi connectivity index (χ3n) is 2.61. The SMILES string of the molecule is Cn1nccc1C(N)c1ccc(C(F)(F)F)cn1. The third kappa shape index (κ3) is 2.35. The van der Waals surface area contributed by atoms with Crippen LogP contribution in [0.15, 0.2) is 30.6 Å². The van der Waals surface area contributed by atoms with E-state index < -0.39 is 17.8 Å². The van der Waals surface area contributed by atoms with Crippen molar-refractivity contribution >= 4 is 0 Å². The average Bonchev–Trinajstić information content (AvgIpc) is 2.73. The maximum absolute atomic E-state index is 12.4. The van der Waals surface area contributed by atoms with Gasteiger partial charge >= 0.3 is 6.18 Å². The van der Waals surface area contributed by atoms with E-state index >= 15 is 0 Å². The Kier molecular flexibility index (Phi) is 3.08. The van der Waals surface area contributed by atoms with E-state index in [0.29, 0.717) is 11.4 Å². The predicted molar refractivity (Wildman–Crippen MR) is 58.5 cm³/mol. The van der Waals surface area contributed by atoms with Gasteiger partial charge in [0.15, 0.2) is 0 Å². The molecule has 2 N–H and O–H groups in total. The van der Waals surface area contributed by atoms with Crippen molar-refractivity contribution in [1.29, 1.82) is 0 Å². The van der Waals surface area contributed by atoms with E-state index in [1.165, 1.54) is 6.07 Å². The molecule has 2 rings (SSSR count). The number of aromatic nitrogens is 3. The van der Waals surface area contributed by atoms with E-state index in [-0.39, 0.29) is 0 Å². The maximum Gasteiger partial charge on any atom is 0.417 e. The lowest BCUT2D eigenvalue weighted by Crippen LogP contribution is -2.17. The number of nitrogens with two attached hydrogens (primary N) is 1. The summed E-state index contributed by atoms with van der Waals surface area (Å²) in [4.78, 5) is 3.76. The largest absolute Gasteiger partial charge is 0.417 e. The first-order valence-electron chi connectivity index (χ1n) is 5.16. The fourth-order valence-electron chi connectivity index (χ4n) is 1.60. The van der Waals surface area contributed by atoms with Crippen molar-refractivity contribution in [1.82, 2.24) is 14.8 Å². The van der Waals surface area contributed by atoms with Gasteiger partial charge in [0.2, 0.25) is 0 Å². The molecule has 1 unspecified atom stereocenters. The Hall–Kier alpha value is -1.89. The second-order valence-electron chi connectivity index (χ2n) is 3.83. The predicted octanol–water partition coefficient (Wildman–Crippen LogP) is 1.88. The van der Waals surface area contributed by atoms with Gasteiger partial charge in [0.1, 0.15) is 0 Å². The second-order valence-corrected chi connectivity index (χ2v) is 3.83. The van der Waals surface area contributed by atoms with Crippen molar-refractivity contribution < 1.29 is 13.2 Å². The molecular formula is C11H11F3N4. The number of hydrogen-bond donors (Lipinski definition) is 1. The molecule has 0 aliphatic heterocycles. The molecule has 0 radical (unpaired) electrons. The smallest absolute Gasteiger partial charge is 0.318 e. The van der Waals surface area contributed by atoms with E-state index in [9.17, 15) is 13.2 Å². The first kappa shape index (κ1) is 12.6. The Morgan fingerprint density at radius 1 is 1.28 bits per heavy atom. The van der Waals surface area contributed by atoms with Gasteiger partial charge in [-0.15, -0.1) is 0 Å². The molecule has 0 fully saturated rings. The molecular weight excluding hydrogens is 245 g/mol. The Balaban J connectivity index is 2.28. The number of alkyl halides is 3. The lowest BCUT2D eigenvalue weighted by atomic mass is 10.1. The molecule has 0 amide bonds. The molecule has 0 aliphatic rings. The van der Waals surface area contributed by atoms with E-state index in [4.69, 9.17) is 5.73 Å². The van der Waals surface area contributed by atoms with Crippen molar-refractivity contribution in [2.24, 2.45) is 12.8 Å². The molecule has 0 aliphatic carbocycles. The minimum Gasteiger partial charge on any atom is -0.318 e. The van der Waals surface area contributed by atoms with Crippen LogP contribution in [0.3, 0.4) is 0 Å². The van der Waals surface area contributed by atoms with Crippen LogP contribution in [-0.2, 0) is 13.2 Å². The summed E-state index contributed by atoms with van der Waals surface area (Å²) in [6.45, 7) is 0. The summed E-state index contributed by atoms with van der Waals surface area (Å²) in [7, 11) is 1.71. The van der Waals surface area contributed by atoms with Gasteiger partial charge in [0, 0.05) is 19.4 Å². The van der Waals surface area contributed by atoms with Crippen molar-refractivity contribution in [3.63, 3.8) is 0 Å². The van der Waals surface area contributed by atoms with Gasteiger partial charge in [-0.2, -0.15) is 18.3 Å². The minimum atomic E-state index is -4.39. The van der Waals surface area contributed by atoms with Crippen LogP contribution in [0.25, 0.3) is 0 Å². The summed E-state index contributed by atoms with van der Waals surface area (Å²) >= 11 is 0. The average molecular weight is 256 g/mol. The highest BCUT2D eigenvalue weighted by Gasteiger charge is 2.31. The van der Waals surface area contributed by atoms with Gasteiger partial charge in [0.05, 0.1) is 23.0 Å². The van der Waals surface area contributed by atoms with Crippen LogP contribution in [0.5, 0.6) is 0 Å². The number of aryl methyl sites for hydroxylation is 1. The van der Waals surface area contributed by atoms with E-state index in [1.54, 1.807) is 24.0 Å². The topological polar surface area (TPSA) is 56.7 Å². The lowest BCUT2D eigenvalue weighted by molar-refractivity contribution is -0.137. The van der Waals surface area contributed by atoms with Crippen LogP contribution in [0.1, 0.15) is 23.0 Å². The Labute approximate surface area is 101 Å². The van der Waals surface area contributed by atoms with Crippen LogP contribution in [0, 0.1) is 0 Å². The summed E-state index contributed by atoms with van der Waals surface area (Å²) in [5.74, 6) is 0. The van der Waals surface area contributed by atoms with E-state index in [2.05, 4.69) is 10.1 Å². The number of rotatable bonds is 2. The van der Waals surface area contributed by atoms with Gasteiger partial charge in [-0.05, 0) is 18.2 Å². The first-order valence-corrected chi connectivity index (χ1v) is 5.16. The van der Waals surface area contributed by atoms with Crippen molar-refractivity contribution in [3.8, 4) is 0 Å². The molecule has 0 spiro atoms. The number of nitrogens with zero attached hydrogens (tertiary/aromatic N) is 3. The molecule has 96 valence electrons. The normalized spacial score (nSPS) is 13.6. The molecule has 1 atom stereocenters. The van der Waals surface area contributed by atoms with Gasteiger partial charge in [0.25, 0.3) is 0 Å². The highest BCUT2D eigenvalue weighted by molar-refractivity contribution is 5.24. The fraction of sp³-hybridized carbons (Fsp3) is 0.273. The summed E-state index contributed by atoms with van der Waals surface area (Å²) in [5.41, 5.74) is 6.18. The molecule has 2 heterocycles. The molecule has 4 nitrogen and oxygen atoms in total. The molecule has 2 aromatic rings. The number of pyridine rings is 1. The van der Waals surface area contributed by atoms with E-state index in [0.717, 1.165) is 12.3 Å². The van der Waals surface area contributed by atoms with Gasteiger partial charge in [-0.1, -0.05) is 0 Å². The minimum absolute atomic E-state index is 0.367. The Morgan fingerprint density at radius 2 is 2.00 bits per heavy atom. The first-order chi connectivity index (χ1) is 8.39. The summed E-state index contributed by atoms with van der Waals surface area (Å²) in [6, 6.07) is 3.35. The zero-order chi connectivity index (χ0) is 13.3. The molecule has 7 heteroatoms. The van der Waals surface area contributed by atoms with Crippen LogP contribution in [-0.4, -0.2) is 14.8 Å². The zero-order valence-corrected chi connectivity index (χ0v) is 9.52. The summed E-state index contributed by atoms with van der Waals surface area (Å²) in [5, 5.41) is 3.95. The zero-order valence-electron chi connectivity index (χ0n) is 9.52. The van der Waals surface area contributed by atoms with E-state index in [1.807, 2.05) is 0 Å². The quantitative estimate of drug-likeness (QED) is 0.892. The fourth-order valence-corrected chi connectivity index (χ4v) is 1.60. The highest BCUT2D eigenvalue weighted by atomic mass is 19.4. The highest BCUT2D eigenvalue weighted by Crippen LogP contribution is 2.29. The van der Waals surface area contributed by atoms with Crippen molar-refractivity contribution in [2.75, 3.05) is 0 Å².